The van der Waals surface area contributed by atoms with Crippen molar-refractivity contribution in [1.82, 2.24) is 25.1 Å². The van der Waals surface area contributed by atoms with Gasteiger partial charge in [-0.3, -0.25) is 9.69 Å². The van der Waals surface area contributed by atoms with E-state index in [0.29, 0.717) is 13.1 Å². The van der Waals surface area contributed by atoms with Gasteiger partial charge in [0.2, 0.25) is 0 Å². The second kappa shape index (κ2) is 6.29. The van der Waals surface area contributed by atoms with Gasteiger partial charge < -0.3 is 5.11 Å². The van der Waals surface area contributed by atoms with Crippen LogP contribution in [0.25, 0.3) is 0 Å². The number of aliphatic carboxylic acids is 1. The molecule has 7 heteroatoms. The van der Waals surface area contributed by atoms with Crippen molar-refractivity contribution in [3.05, 3.63) is 5.82 Å². The first-order valence-electron chi connectivity index (χ1n) is 5.71. The van der Waals surface area contributed by atoms with Gasteiger partial charge >= 0.3 is 5.97 Å². The van der Waals surface area contributed by atoms with Crippen LogP contribution in [0.15, 0.2) is 0 Å². The number of carbonyl (C=O) groups is 1. The zero-order chi connectivity index (χ0) is 12.8. The lowest BCUT2D eigenvalue weighted by molar-refractivity contribution is -0.141. The van der Waals surface area contributed by atoms with Gasteiger partial charge in [0.05, 0.1) is 12.5 Å². The Morgan fingerprint density at radius 1 is 1.59 bits per heavy atom. The first-order valence-corrected chi connectivity index (χ1v) is 5.71. The molecule has 0 bridgehead atoms. The highest BCUT2D eigenvalue weighted by molar-refractivity contribution is 5.69. The van der Waals surface area contributed by atoms with Gasteiger partial charge in [0, 0.05) is 13.1 Å². The Hall–Kier alpha value is -1.50. The molecule has 1 heterocycles. The van der Waals surface area contributed by atoms with Crippen LogP contribution in [0.4, 0.5) is 0 Å². The van der Waals surface area contributed by atoms with Crippen molar-refractivity contribution in [1.29, 1.82) is 0 Å². The largest absolute Gasteiger partial charge is 0.481 e. The Kier molecular flexibility index (Phi) is 5.02. The summed E-state index contributed by atoms with van der Waals surface area (Å²) in [7, 11) is 1.87. The van der Waals surface area contributed by atoms with Gasteiger partial charge in [0.15, 0.2) is 5.82 Å². The number of nitrogens with zero attached hydrogens (tertiary/aromatic N) is 5. The molecule has 1 aromatic heterocycles. The Morgan fingerprint density at radius 2 is 2.29 bits per heavy atom. The molecule has 0 radical (unpaired) electrons. The van der Waals surface area contributed by atoms with Crippen LogP contribution in [0.5, 0.6) is 0 Å². The molecule has 0 aliphatic heterocycles. The minimum Gasteiger partial charge on any atom is -0.481 e. The standard InChI is InChI=1S/C10H19N5O2/c1-4-5-15-9(11-12-13-15)7-14(3)6-8(2)10(16)17/h8H,4-7H2,1-3H3,(H,16,17). The molecule has 0 aromatic carbocycles. The topological polar surface area (TPSA) is 84.1 Å². The van der Waals surface area contributed by atoms with Gasteiger partial charge in [0.1, 0.15) is 0 Å². The van der Waals surface area contributed by atoms with Gasteiger partial charge in [-0.05, 0) is 23.9 Å². The van der Waals surface area contributed by atoms with Gasteiger partial charge in [-0.25, -0.2) is 4.68 Å². The molecule has 7 nitrogen and oxygen atoms in total. The fraction of sp³-hybridized carbons (Fsp3) is 0.800. The lowest BCUT2D eigenvalue weighted by Gasteiger charge is -2.18. The molecule has 0 spiro atoms. The minimum atomic E-state index is -0.787. The number of aryl methyl sites for hydroxylation is 1. The first kappa shape index (κ1) is 13.6. The Balaban J connectivity index is 2.52. The van der Waals surface area contributed by atoms with E-state index in [2.05, 4.69) is 22.4 Å². The van der Waals surface area contributed by atoms with Crippen molar-refractivity contribution in [3.8, 4) is 0 Å². The van der Waals surface area contributed by atoms with Gasteiger partial charge in [-0.1, -0.05) is 13.8 Å². The highest BCUT2D eigenvalue weighted by atomic mass is 16.4. The number of carboxylic acids is 1. The maximum atomic E-state index is 10.7. The molecule has 0 saturated carbocycles. The van der Waals surface area contributed by atoms with Crippen molar-refractivity contribution in [2.24, 2.45) is 5.92 Å². The molecule has 0 aliphatic carbocycles. The average Bonchev–Trinajstić information content (AvgIpc) is 2.66. The summed E-state index contributed by atoms with van der Waals surface area (Å²) in [5, 5.41) is 20.3. The predicted octanol–water partition coefficient (Wildman–Crippen LogP) is 0.236. The molecule has 0 fully saturated rings. The predicted molar refractivity (Wildman–Crippen MR) is 61.2 cm³/mol. The second-order valence-corrected chi connectivity index (χ2v) is 4.25. The molecule has 1 unspecified atom stereocenters. The third-order valence-corrected chi connectivity index (χ3v) is 2.46. The first-order chi connectivity index (χ1) is 8.04. The van der Waals surface area contributed by atoms with Crippen molar-refractivity contribution in [2.45, 2.75) is 33.4 Å². The van der Waals surface area contributed by atoms with E-state index in [1.54, 1.807) is 11.6 Å². The number of hydrogen-bond donors (Lipinski definition) is 1. The Morgan fingerprint density at radius 3 is 2.88 bits per heavy atom. The number of hydrogen-bond acceptors (Lipinski definition) is 5. The summed E-state index contributed by atoms with van der Waals surface area (Å²) in [5.41, 5.74) is 0. The lowest BCUT2D eigenvalue weighted by atomic mass is 10.2. The normalized spacial score (nSPS) is 12.9. The van der Waals surface area contributed by atoms with E-state index in [9.17, 15) is 4.79 Å². The lowest BCUT2D eigenvalue weighted by Crippen LogP contribution is -2.29. The summed E-state index contributed by atoms with van der Waals surface area (Å²) >= 11 is 0. The summed E-state index contributed by atoms with van der Waals surface area (Å²) in [4.78, 5) is 12.6. The SMILES string of the molecule is CCCn1nnnc1CN(C)CC(C)C(=O)O. The minimum absolute atomic E-state index is 0.393. The summed E-state index contributed by atoms with van der Waals surface area (Å²) in [6.07, 6.45) is 0.966. The highest BCUT2D eigenvalue weighted by Gasteiger charge is 2.15. The van der Waals surface area contributed by atoms with Crippen LogP contribution in [0.3, 0.4) is 0 Å². The zero-order valence-electron chi connectivity index (χ0n) is 10.5. The Labute approximate surface area is 100 Å². The van der Waals surface area contributed by atoms with Crippen molar-refractivity contribution in [3.63, 3.8) is 0 Å². The summed E-state index contributed by atoms with van der Waals surface area (Å²) in [6.45, 7) is 5.57. The maximum absolute atomic E-state index is 10.7. The quantitative estimate of drug-likeness (QED) is 0.736. The number of aromatic nitrogens is 4. The van der Waals surface area contributed by atoms with Crippen LogP contribution < -0.4 is 0 Å². The molecular weight excluding hydrogens is 222 g/mol. The van der Waals surface area contributed by atoms with Gasteiger partial charge in [-0.15, -0.1) is 5.10 Å². The van der Waals surface area contributed by atoms with Crippen LogP contribution >= 0.6 is 0 Å². The summed E-state index contributed by atoms with van der Waals surface area (Å²) < 4.78 is 1.75. The smallest absolute Gasteiger partial charge is 0.307 e. The van der Waals surface area contributed by atoms with E-state index in [-0.39, 0.29) is 0 Å². The number of rotatable bonds is 7. The molecular formula is C10H19N5O2. The molecule has 96 valence electrons. The fourth-order valence-electron chi connectivity index (χ4n) is 1.57. The van der Waals surface area contributed by atoms with Crippen LogP contribution in [0, 0.1) is 5.92 Å². The zero-order valence-corrected chi connectivity index (χ0v) is 10.5. The van der Waals surface area contributed by atoms with E-state index in [4.69, 9.17) is 5.11 Å². The van der Waals surface area contributed by atoms with Crippen LogP contribution in [0.2, 0.25) is 0 Å². The van der Waals surface area contributed by atoms with Crippen LogP contribution in [0.1, 0.15) is 26.1 Å². The van der Waals surface area contributed by atoms with Gasteiger partial charge in [-0.2, -0.15) is 0 Å². The van der Waals surface area contributed by atoms with Crippen LogP contribution in [-0.2, 0) is 17.9 Å². The van der Waals surface area contributed by atoms with E-state index in [1.165, 1.54) is 0 Å². The fourth-order valence-corrected chi connectivity index (χ4v) is 1.57. The van der Waals surface area contributed by atoms with Crippen molar-refractivity contribution in [2.75, 3.05) is 13.6 Å². The van der Waals surface area contributed by atoms with E-state index >= 15 is 0 Å². The third kappa shape index (κ3) is 4.10. The second-order valence-electron chi connectivity index (χ2n) is 4.25. The molecule has 0 aliphatic rings. The van der Waals surface area contributed by atoms with Crippen molar-refractivity contribution < 1.29 is 9.90 Å². The molecule has 1 aromatic rings. The summed E-state index contributed by atoms with van der Waals surface area (Å²) in [5.74, 6) is -0.410. The maximum Gasteiger partial charge on any atom is 0.307 e. The van der Waals surface area contributed by atoms with E-state index in [1.807, 2.05) is 11.9 Å². The van der Waals surface area contributed by atoms with E-state index < -0.39 is 11.9 Å². The summed E-state index contributed by atoms with van der Waals surface area (Å²) in [6, 6.07) is 0. The Bertz CT molecular complexity index is 365. The number of tetrazole rings is 1. The molecule has 0 amide bonds. The van der Waals surface area contributed by atoms with Gasteiger partial charge in [0.25, 0.3) is 0 Å². The highest BCUT2D eigenvalue weighted by Crippen LogP contribution is 2.03. The van der Waals surface area contributed by atoms with Crippen molar-refractivity contribution >= 4 is 5.97 Å². The number of carboxylic acid groups (broad SMARTS) is 1. The molecule has 1 rings (SSSR count). The molecule has 1 N–H and O–H groups in total. The van der Waals surface area contributed by atoms with E-state index in [0.717, 1.165) is 18.8 Å². The third-order valence-electron chi connectivity index (χ3n) is 2.46. The molecule has 0 saturated heterocycles. The molecule has 17 heavy (non-hydrogen) atoms. The average molecular weight is 241 g/mol. The monoisotopic (exact) mass is 241 g/mol. The molecule has 1 atom stereocenters. The van der Waals surface area contributed by atoms with Crippen LogP contribution in [-0.4, -0.2) is 49.8 Å².